The summed E-state index contributed by atoms with van der Waals surface area (Å²) in [6, 6.07) is 6.35. The largest absolute Gasteiger partial charge is 0.461 e. The summed E-state index contributed by atoms with van der Waals surface area (Å²) in [6.45, 7) is 6.93. The van der Waals surface area contributed by atoms with Crippen LogP contribution in [0.3, 0.4) is 0 Å². The Morgan fingerprint density at radius 3 is 2.93 bits per heavy atom. The van der Waals surface area contributed by atoms with E-state index in [9.17, 15) is 14.8 Å². The third-order valence-electron chi connectivity index (χ3n) is 10.1. The third-order valence-corrected chi connectivity index (χ3v) is 10.1. The molecule has 0 bridgehead atoms. The Hall–Kier alpha value is -3.26. The smallest absolute Gasteiger partial charge is 0.318 e. The molecule has 4 unspecified atom stereocenters. The molecule has 1 aromatic heterocycles. The van der Waals surface area contributed by atoms with Crippen LogP contribution in [0.4, 0.5) is 15.9 Å². The van der Waals surface area contributed by atoms with E-state index in [0.717, 1.165) is 41.8 Å². The standard InChI is InChI=1S/C31H37FN6O3/c1-3-30(39)16-37(17-30)27-23-15-41-31(9-7-19(2)21-5-6-24(34)22(13-33)26(21)31)12-25(23)35-28(36-27)40-18-29-8-4-10-38(29)14-20(32)11-29/h5-7,9,19-20,39H,3-4,8,10-12,14-18,34H2,1-2H3. The van der Waals surface area contributed by atoms with Crippen LogP contribution in [0.5, 0.6) is 6.01 Å². The second-order valence-electron chi connectivity index (χ2n) is 12.7. The van der Waals surface area contributed by atoms with Gasteiger partial charge in [0.15, 0.2) is 0 Å². The molecule has 7 rings (SSSR count). The highest BCUT2D eigenvalue weighted by Gasteiger charge is 2.50. The molecule has 0 saturated carbocycles. The quantitative estimate of drug-likeness (QED) is 0.418. The topological polar surface area (TPSA) is 121 Å². The minimum Gasteiger partial charge on any atom is -0.461 e. The van der Waals surface area contributed by atoms with Gasteiger partial charge >= 0.3 is 6.01 Å². The number of alkyl halides is 1. The second-order valence-corrected chi connectivity index (χ2v) is 12.7. The predicted molar refractivity (Wildman–Crippen MR) is 151 cm³/mol. The van der Waals surface area contributed by atoms with E-state index in [1.54, 1.807) is 6.07 Å². The third kappa shape index (κ3) is 4.12. The molecule has 0 amide bonds. The molecule has 5 heterocycles. The van der Waals surface area contributed by atoms with E-state index < -0.39 is 17.4 Å². The van der Waals surface area contributed by atoms with E-state index in [1.807, 2.05) is 19.1 Å². The Kier molecular flexibility index (Phi) is 6.09. The summed E-state index contributed by atoms with van der Waals surface area (Å²) in [4.78, 5) is 14.0. The van der Waals surface area contributed by atoms with Gasteiger partial charge in [0.05, 0.1) is 29.0 Å². The number of β-amino-alcohol motifs (C(OH)–C–C–N with tert-alkyl or cyclic N) is 1. The van der Waals surface area contributed by atoms with Gasteiger partial charge in [-0.2, -0.15) is 15.2 Å². The van der Waals surface area contributed by atoms with Crippen molar-refractivity contribution in [2.45, 2.75) is 81.4 Å². The Balaban J connectivity index is 1.27. The highest BCUT2D eigenvalue weighted by Crippen LogP contribution is 2.48. The number of allylic oxidation sites excluding steroid dienone is 1. The molecule has 5 aliphatic rings. The van der Waals surface area contributed by atoms with Crippen LogP contribution in [0.1, 0.15) is 73.4 Å². The Labute approximate surface area is 239 Å². The van der Waals surface area contributed by atoms with Crippen molar-refractivity contribution in [3.63, 3.8) is 0 Å². The summed E-state index contributed by atoms with van der Waals surface area (Å²) >= 11 is 0. The molecule has 1 spiro atoms. The van der Waals surface area contributed by atoms with Crippen LogP contribution in [-0.2, 0) is 23.4 Å². The average molecular weight is 561 g/mol. The molecule has 0 radical (unpaired) electrons. The number of hydrogen-bond acceptors (Lipinski definition) is 9. The zero-order chi connectivity index (χ0) is 28.6. The van der Waals surface area contributed by atoms with Crippen molar-refractivity contribution in [1.29, 1.82) is 5.26 Å². The van der Waals surface area contributed by atoms with Crippen molar-refractivity contribution in [3.05, 3.63) is 52.2 Å². The number of anilines is 2. The van der Waals surface area contributed by atoms with Gasteiger partial charge < -0.3 is 25.2 Å². The molecule has 4 aliphatic heterocycles. The number of nitriles is 1. The Bertz CT molecular complexity index is 1470. The Morgan fingerprint density at radius 2 is 2.15 bits per heavy atom. The zero-order valence-corrected chi connectivity index (χ0v) is 23.7. The summed E-state index contributed by atoms with van der Waals surface area (Å²) in [5, 5.41) is 20.9. The lowest BCUT2D eigenvalue weighted by Crippen LogP contribution is -2.62. The Morgan fingerprint density at radius 1 is 1.32 bits per heavy atom. The highest BCUT2D eigenvalue weighted by atomic mass is 19.1. The van der Waals surface area contributed by atoms with Crippen LogP contribution in [0, 0.1) is 11.3 Å². The molecule has 10 heteroatoms. The number of fused-ring (bicyclic) bond motifs is 4. The fourth-order valence-electron chi connectivity index (χ4n) is 7.65. The number of aliphatic hydroxyl groups is 1. The fourth-order valence-corrected chi connectivity index (χ4v) is 7.65. The minimum atomic E-state index is -0.898. The molecular formula is C31H37FN6O3. The number of aromatic nitrogens is 2. The predicted octanol–water partition coefficient (Wildman–Crippen LogP) is 3.49. The van der Waals surface area contributed by atoms with Gasteiger partial charge in [-0.3, -0.25) is 4.90 Å². The van der Waals surface area contributed by atoms with E-state index in [1.165, 1.54) is 0 Å². The minimum absolute atomic E-state index is 0.111. The normalized spacial score (nSPS) is 31.3. The van der Waals surface area contributed by atoms with Gasteiger partial charge in [-0.1, -0.05) is 32.1 Å². The van der Waals surface area contributed by atoms with Crippen LogP contribution in [0.15, 0.2) is 24.3 Å². The first kappa shape index (κ1) is 26.6. The molecule has 3 N–H and O–H groups in total. The van der Waals surface area contributed by atoms with Gasteiger partial charge in [0.1, 0.15) is 30.3 Å². The van der Waals surface area contributed by atoms with E-state index in [-0.39, 0.29) is 24.1 Å². The van der Waals surface area contributed by atoms with E-state index in [2.05, 4.69) is 28.9 Å². The lowest BCUT2D eigenvalue weighted by molar-refractivity contribution is -0.0407. The summed E-state index contributed by atoms with van der Waals surface area (Å²) < 4.78 is 27.4. The number of nitrogen functional groups attached to an aromatic ring is 1. The van der Waals surface area contributed by atoms with Gasteiger partial charge in [-0.15, -0.1) is 0 Å². The van der Waals surface area contributed by atoms with Gasteiger partial charge in [0.25, 0.3) is 0 Å². The maximum absolute atomic E-state index is 14.4. The van der Waals surface area contributed by atoms with E-state index >= 15 is 0 Å². The molecular weight excluding hydrogens is 523 g/mol. The van der Waals surface area contributed by atoms with Crippen molar-refractivity contribution in [1.82, 2.24) is 14.9 Å². The average Bonchev–Trinajstić information content (AvgIpc) is 3.47. The van der Waals surface area contributed by atoms with Gasteiger partial charge in [-0.05, 0) is 43.4 Å². The maximum Gasteiger partial charge on any atom is 0.318 e. The monoisotopic (exact) mass is 560 g/mol. The molecule has 1 aromatic carbocycles. The van der Waals surface area contributed by atoms with Gasteiger partial charge in [0.2, 0.25) is 0 Å². The highest BCUT2D eigenvalue weighted by molar-refractivity contribution is 5.66. The summed E-state index contributed by atoms with van der Waals surface area (Å²) in [5.74, 6) is 0.815. The lowest BCUT2D eigenvalue weighted by Gasteiger charge is -2.48. The van der Waals surface area contributed by atoms with Crippen molar-refractivity contribution >= 4 is 11.5 Å². The van der Waals surface area contributed by atoms with Crippen LogP contribution in [0.2, 0.25) is 0 Å². The maximum atomic E-state index is 14.4. The summed E-state index contributed by atoms with van der Waals surface area (Å²) in [6.07, 6.45) is 6.75. The molecule has 2 aromatic rings. The van der Waals surface area contributed by atoms with Crippen molar-refractivity contribution in [2.24, 2.45) is 0 Å². The number of hydrogen-bond donors (Lipinski definition) is 2. The molecule has 216 valence electrons. The first-order valence-electron chi connectivity index (χ1n) is 14.7. The first-order valence-corrected chi connectivity index (χ1v) is 14.7. The van der Waals surface area contributed by atoms with Gasteiger partial charge in [0, 0.05) is 49.3 Å². The van der Waals surface area contributed by atoms with E-state index in [0.29, 0.717) is 62.6 Å². The number of rotatable bonds is 5. The molecule has 3 fully saturated rings. The summed E-state index contributed by atoms with van der Waals surface area (Å²) in [5.41, 5.74) is 8.65. The number of nitrogens with zero attached hydrogens (tertiary/aromatic N) is 5. The van der Waals surface area contributed by atoms with E-state index in [4.69, 9.17) is 25.2 Å². The number of benzene rings is 1. The van der Waals surface area contributed by atoms with Crippen LogP contribution < -0.4 is 15.4 Å². The first-order chi connectivity index (χ1) is 19.7. The van der Waals surface area contributed by atoms with Crippen molar-refractivity contribution < 1.29 is 19.0 Å². The van der Waals surface area contributed by atoms with Crippen LogP contribution in [-0.4, -0.2) is 70.1 Å². The second kappa shape index (κ2) is 9.38. The molecule has 9 nitrogen and oxygen atoms in total. The summed E-state index contributed by atoms with van der Waals surface area (Å²) in [7, 11) is 0. The van der Waals surface area contributed by atoms with Crippen molar-refractivity contribution in [2.75, 3.05) is 43.4 Å². The number of halogens is 1. The van der Waals surface area contributed by atoms with Crippen LogP contribution >= 0.6 is 0 Å². The van der Waals surface area contributed by atoms with Crippen molar-refractivity contribution in [3.8, 4) is 12.1 Å². The number of ether oxygens (including phenoxy) is 2. The SMILES string of the molecule is CCC1(O)CN(c2nc(OCC34CCCN3CC(F)C4)nc3c2COC2(C=CC(C)c4ccc(N)c(C#N)c42)C3)C1. The zero-order valence-electron chi connectivity index (χ0n) is 23.7. The lowest BCUT2D eigenvalue weighted by atomic mass is 9.73. The molecule has 3 saturated heterocycles. The molecule has 1 aliphatic carbocycles. The fraction of sp³-hybridized carbons (Fsp3) is 0.581. The van der Waals surface area contributed by atoms with Crippen LogP contribution in [0.25, 0.3) is 0 Å². The molecule has 4 atom stereocenters. The molecule has 41 heavy (non-hydrogen) atoms. The number of nitrogens with two attached hydrogens (primary N) is 1. The van der Waals surface area contributed by atoms with Gasteiger partial charge in [-0.25, -0.2) is 4.39 Å².